The van der Waals surface area contributed by atoms with E-state index in [0.29, 0.717) is 12.2 Å². The highest BCUT2D eigenvalue weighted by Gasteiger charge is 2.10. The van der Waals surface area contributed by atoms with E-state index in [0.717, 1.165) is 17.8 Å². The van der Waals surface area contributed by atoms with E-state index in [1.54, 1.807) is 6.92 Å². The van der Waals surface area contributed by atoms with Gasteiger partial charge in [-0.2, -0.15) is 0 Å². The highest BCUT2D eigenvalue weighted by Crippen LogP contribution is 2.24. The van der Waals surface area contributed by atoms with Crippen LogP contribution in [0.5, 0.6) is 0 Å². The quantitative estimate of drug-likeness (QED) is 0.619. The molecule has 0 saturated heterocycles. The Morgan fingerprint density at radius 2 is 2.11 bits per heavy atom. The van der Waals surface area contributed by atoms with Crippen molar-refractivity contribution in [2.75, 3.05) is 17.3 Å². The lowest BCUT2D eigenvalue weighted by molar-refractivity contribution is 0.0696. The van der Waals surface area contributed by atoms with Gasteiger partial charge >= 0.3 is 5.97 Å². The van der Waals surface area contributed by atoms with E-state index >= 15 is 0 Å². The number of aromatic carboxylic acids is 1. The number of rotatable bonds is 7. The molecule has 0 heterocycles. The van der Waals surface area contributed by atoms with Gasteiger partial charge in [0.25, 0.3) is 0 Å². The van der Waals surface area contributed by atoms with E-state index in [1.807, 2.05) is 0 Å². The fourth-order valence-corrected chi connectivity index (χ4v) is 3.33. The van der Waals surface area contributed by atoms with E-state index in [4.69, 9.17) is 5.11 Å². The number of hydrogen-bond acceptors (Lipinski definition) is 4. The van der Waals surface area contributed by atoms with Crippen LogP contribution in [0.3, 0.4) is 0 Å². The van der Waals surface area contributed by atoms with Gasteiger partial charge in [0.1, 0.15) is 15.7 Å². The van der Waals surface area contributed by atoms with E-state index in [2.05, 4.69) is 0 Å². The minimum Gasteiger partial charge on any atom is -0.478 e. The molecule has 0 unspecified atom stereocenters. The van der Waals surface area contributed by atoms with Gasteiger partial charge in [-0.3, -0.25) is 0 Å². The van der Waals surface area contributed by atoms with Crippen molar-refractivity contribution in [3.8, 4) is 0 Å². The van der Waals surface area contributed by atoms with Crippen molar-refractivity contribution in [1.29, 1.82) is 0 Å². The Labute approximate surface area is 115 Å². The number of benzene rings is 1. The number of hydrogen-bond donors (Lipinski definition) is 1. The number of thioether (sulfide) groups is 1. The molecule has 1 rings (SSSR count). The fraction of sp³-hybridized carbons (Fsp3) is 0.417. The molecular weight excluding hydrogens is 291 g/mol. The average Bonchev–Trinajstić information content (AvgIpc) is 2.36. The first-order chi connectivity index (χ1) is 8.85. The number of carboxylic acid groups (broad SMARTS) is 1. The van der Waals surface area contributed by atoms with Gasteiger partial charge in [-0.25, -0.2) is 17.6 Å². The summed E-state index contributed by atoms with van der Waals surface area (Å²) in [5, 5.41) is 8.80. The Hall–Kier alpha value is -1.08. The maximum atomic E-state index is 13.4. The molecule has 0 bridgehead atoms. The zero-order chi connectivity index (χ0) is 14.5. The molecule has 0 aliphatic rings. The third-order valence-corrected chi connectivity index (χ3v) is 5.38. The summed E-state index contributed by atoms with van der Waals surface area (Å²) in [7, 11) is -3.01. The van der Waals surface area contributed by atoms with E-state index in [9.17, 15) is 17.6 Å². The maximum Gasteiger partial charge on any atom is 0.335 e. The summed E-state index contributed by atoms with van der Waals surface area (Å²) in [4.78, 5) is 11.0. The van der Waals surface area contributed by atoms with E-state index in [1.165, 1.54) is 12.1 Å². The van der Waals surface area contributed by atoms with Crippen molar-refractivity contribution < 1.29 is 22.7 Å². The molecule has 19 heavy (non-hydrogen) atoms. The fourth-order valence-electron chi connectivity index (χ4n) is 1.35. The monoisotopic (exact) mass is 306 g/mol. The van der Waals surface area contributed by atoms with Gasteiger partial charge in [-0.15, -0.1) is 11.8 Å². The molecule has 1 aromatic carbocycles. The second-order valence-electron chi connectivity index (χ2n) is 3.89. The van der Waals surface area contributed by atoms with Crippen molar-refractivity contribution in [2.45, 2.75) is 18.2 Å². The molecule has 0 aliphatic heterocycles. The van der Waals surface area contributed by atoms with Crippen LogP contribution in [0.15, 0.2) is 23.1 Å². The van der Waals surface area contributed by atoms with Crippen molar-refractivity contribution in [3.05, 3.63) is 29.6 Å². The van der Waals surface area contributed by atoms with Crippen LogP contribution >= 0.6 is 11.8 Å². The first-order valence-corrected chi connectivity index (χ1v) is 8.52. The average molecular weight is 306 g/mol. The first kappa shape index (κ1) is 16.0. The van der Waals surface area contributed by atoms with Crippen molar-refractivity contribution in [3.63, 3.8) is 0 Å². The van der Waals surface area contributed by atoms with E-state index < -0.39 is 21.6 Å². The second-order valence-corrected chi connectivity index (χ2v) is 7.50. The Kier molecular flexibility index (Phi) is 5.81. The molecule has 1 N–H and O–H groups in total. The summed E-state index contributed by atoms with van der Waals surface area (Å²) in [6.07, 6.45) is 0.414. The van der Waals surface area contributed by atoms with Gasteiger partial charge in [-0.05, 0) is 30.4 Å². The molecule has 106 valence electrons. The number of carbonyl (C=O) groups is 1. The molecule has 1 aromatic rings. The van der Waals surface area contributed by atoms with Gasteiger partial charge in [0.2, 0.25) is 0 Å². The molecular formula is C12H15FO4S2. The van der Waals surface area contributed by atoms with Crippen molar-refractivity contribution in [2.24, 2.45) is 0 Å². The SMILES string of the molecule is CCS(=O)(=O)CCCSc1cc(C(=O)O)ccc1F. The van der Waals surface area contributed by atoms with Gasteiger partial charge in [0, 0.05) is 10.6 Å². The van der Waals surface area contributed by atoms with Gasteiger partial charge < -0.3 is 5.11 Å². The number of carboxylic acids is 1. The van der Waals surface area contributed by atoms with Crippen LogP contribution in [0.4, 0.5) is 4.39 Å². The van der Waals surface area contributed by atoms with Crippen LogP contribution in [0.25, 0.3) is 0 Å². The maximum absolute atomic E-state index is 13.4. The molecule has 0 saturated carbocycles. The van der Waals surface area contributed by atoms with Crippen LogP contribution in [0.2, 0.25) is 0 Å². The largest absolute Gasteiger partial charge is 0.478 e. The smallest absolute Gasteiger partial charge is 0.335 e. The summed E-state index contributed by atoms with van der Waals surface area (Å²) >= 11 is 1.13. The van der Waals surface area contributed by atoms with Crippen molar-refractivity contribution >= 4 is 27.6 Å². The lowest BCUT2D eigenvalue weighted by atomic mass is 10.2. The molecule has 7 heteroatoms. The van der Waals surface area contributed by atoms with Gasteiger partial charge in [0.15, 0.2) is 0 Å². The summed E-state index contributed by atoms with van der Waals surface area (Å²) < 4.78 is 35.9. The summed E-state index contributed by atoms with van der Waals surface area (Å²) in [6.45, 7) is 1.58. The van der Waals surface area contributed by atoms with Gasteiger partial charge in [-0.1, -0.05) is 6.92 Å². The Bertz CT molecular complexity index is 555. The molecule has 0 radical (unpaired) electrons. The Morgan fingerprint density at radius 1 is 1.42 bits per heavy atom. The van der Waals surface area contributed by atoms with Gasteiger partial charge in [0.05, 0.1) is 11.3 Å². The van der Waals surface area contributed by atoms with Crippen LogP contribution in [0, 0.1) is 5.82 Å². The Morgan fingerprint density at radius 3 is 2.68 bits per heavy atom. The van der Waals surface area contributed by atoms with E-state index in [-0.39, 0.29) is 22.0 Å². The standard InChI is InChI=1S/C12H15FO4S2/c1-2-19(16,17)7-3-6-18-11-8-9(12(14)15)4-5-10(11)13/h4-5,8H,2-3,6-7H2,1H3,(H,14,15). The van der Waals surface area contributed by atoms with Crippen LogP contribution in [-0.4, -0.2) is 36.8 Å². The van der Waals surface area contributed by atoms with Crippen LogP contribution in [0.1, 0.15) is 23.7 Å². The first-order valence-electron chi connectivity index (χ1n) is 5.72. The zero-order valence-electron chi connectivity index (χ0n) is 10.4. The molecule has 0 amide bonds. The van der Waals surface area contributed by atoms with Crippen LogP contribution < -0.4 is 0 Å². The predicted molar refractivity (Wildman–Crippen MR) is 73.0 cm³/mol. The molecule has 0 aliphatic carbocycles. The minimum atomic E-state index is -3.01. The predicted octanol–water partition coefficient (Wildman–Crippen LogP) is 2.44. The summed E-state index contributed by atoms with van der Waals surface area (Å²) in [5.41, 5.74) is 0.0186. The minimum absolute atomic E-state index is 0.0186. The number of sulfone groups is 1. The second kappa shape index (κ2) is 6.91. The molecule has 0 aromatic heterocycles. The normalized spacial score (nSPS) is 11.5. The molecule has 0 fully saturated rings. The molecule has 0 spiro atoms. The highest BCUT2D eigenvalue weighted by atomic mass is 32.2. The summed E-state index contributed by atoms with van der Waals surface area (Å²) in [5.74, 6) is -1.01. The lowest BCUT2D eigenvalue weighted by Crippen LogP contribution is -2.09. The zero-order valence-corrected chi connectivity index (χ0v) is 12.1. The topological polar surface area (TPSA) is 71.4 Å². The van der Waals surface area contributed by atoms with Crippen LogP contribution in [-0.2, 0) is 9.84 Å². The number of halogens is 1. The lowest BCUT2D eigenvalue weighted by Gasteiger charge is -2.05. The van der Waals surface area contributed by atoms with Crippen molar-refractivity contribution in [1.82, 2.24) is 0 Å². The highest BCUT2D eigenvalue weighted by molar-refractivity contribution is 7.99. The third kappa shape index (κ3) is 5.20. The third-order valence-electron chi connectivity index (χ3n) is 2.48. The Balaban J connectivity index is 2.58. The molecule has 0 atom stereocenters. The molecule has 4 nitrogen and oxygen atoms in total. The summed E-state index contributed by atoms with van der Waals surface area (Å²) in [6, 6.07) is 3.56.